The average molecular weight is 313 g/mol. The number of hydrogen-bond acceptors (Lipinski definition) is 5. The lowest BCUT2D eigenvalue weighted by molar-refractivity contribution is -0.145. The summed E-state index contributed by atoms with van der Waals surface area (Å²) < 4.78 is 6.63. The number of halogens is 1. The van der Waals surface area contributed by atoms with Crippen molar-refractivity contribution < 1.29 is 9.53 Å². The van der Waals surface area contributed by atoms with E-state index in [-0.39, 0.29) is 23.3 Å². The number of aryl methyl sites for hydroxylation is 1. The first kappa shape index (κ1) is 13.6. The summed E-state index contributed by atoms with van der Waals surface area (Å²) in [6.45, 7) is 2.12. The van der Waals surface area contributed by atoms with Crippen molar-refractivity contribution in [3.63, 3.8) is 0 Å². The zero-order valence-electron chi connectivity index (χ0n) is 10.9. The quantitative estimate of drug-likeness (QED) is 0.643. The molecule has 1 aliphatic rings. The molecule has 0 N–H and O–H groups in total. The number of hydrogen-bond donors (Lipinski definition) is 0. The van der Waals surface area contributed by atoms with E-state index in [2.05, 4.69) is 4.98 Å². The van der Waals surface area contributed by atoms with Crippen LogP contribution in [0.15, 0.2) is 10.9 Å². The van der Waals surface area contributed by atoms with Crippen LogP contribution < -0.4 is 5.56 Å². The minimum atomic E-state index is -0.361. The third-order valence-corrected chi connectivity index (χ3v) is 4.77. The van der Waals surface area contributed by atoms with Crippen LogP contribution in [-0.2, 0) is 21.8 Å². The van der Waals surface area contributed by atoms with Crippen molar-refractivity contribution in [1.29, 1.82) is 0 Å². The molecule has 0 aromatic carbocycles. The van der Waals surface area contributed by atoms with Crippen molar-refractivity contribution in [3.05, 3.63) is 32.7 Å². The largest absolute Gasteiger partial charge is 0.465 e. The zero-order chi connectivity index (χ0) is 14.3. The Morgan fingerprint density at radius 2 is 2.45 bits per heavy atom. The van der Waals surface area contributed by atoms with Crippen molar-refractivity contribution in [2.75, 3.05) is 6.61 Å². The van der Waals surface area contributed by atoms with E-state index in [1.54, 1.807) is 6.92 Å². The van der Waals surface area contributed by atoms with E-state index in [4.69, 9.17) is 16.3 Å². The van der Waals surface area contributed by atoms with Crippen LogP contribution in [-0.4, -0.2) is 22.0 Å². The monoisotopic (exact) mass is 312 g/mol. The molecule has 0 bridgehead atoms. The molecule has 2 aromatic heterocycles. The van der Waals surface area contributed by atoms with Gasteiger partial charge in [-0.1, -0.05) is 0 Å². The Morgan fingerprint density at radius 1 is 1.65 bits per heavy atom. The molecule has 3 rings (SSSR count). The van der Waals surface area contributed by atoms with Gasteiger partial charge in [0.1, 0.15) is 0 Å². The zero-order valence-corrected chi connectivity index (χ0v) is 12.5. The summed E-state index contributed by atoms with van der Waals surface area (Å²) in [7, 11) is 0. The Labute approximate surface area is 124 Å². The highest BCUT2D eigenvalue weighted by atomic mass is 35.5. The summed E-state index contributed by atoms with van der Waals surface area (Å²) in [5, 5.41) is 0. The van der Waals surface area contributed by atoms with Gasteiger partial charge in [-0.3, -0.25) is 14.0 Å². The van der Waals surface area contributed by atoms with Gasteiger partial charge >= 0.3 is 5.97 Å². The topological polar surface area (TPSA) is 60.7 Å². The summed E-state index contributed by atoms with van der Waals surface area (Å²) in [5.41, 5.74) is 1.13. The molecule has 1 atom stereocenters. The SMILES string of the molecule is CCOC(=O)C1CCc2sc3nc(CCl)cc(=O)n3c21. The Bertz CT molecular complexity index is 737. The van der Waals surface area contributed by atoms with E-state index in [0.29, 0.717) is 23.7 Å². The lowest BCUT2D eigenvalue weighted by atomic mass is 10.1. The first-order valence-electron chi connectivity index (χ1n) is 6.42. The Hall–Kier alpha value is -1.40. The molecule has 7 heteroatoms. The lowest BCUT2D eigenvalue weighted by Crippen LogP contribution is -2.21. The molecule has 106 valence electrons. The molecular formula is C13H13ClN2O3S. The summed E-state index contributed by atoms with van der Waals surface area (Å²) in [6.07, 6.45) is 1.47. The number of rotatable bonds is 3. The van der Waals surface area contributed by atoms with Crippen LogP contribution in [0.5, 0.6) is 0 Å². The summed E-state index contributed by atoms with van der Waals surface area (Å²) in [4.78, 5) is 30.2. The molecule has 0 fully saturated rings. The minimum absolute atomic E-state index is 0.181. The number of ether oxygens (including phenoxy) is 1. The van der Waals surface area contributed by atoms with E-state index in [1.807, 2.05) is 0 Å². The van der Waals surface area contributed by atoms with E-state index < -0.39 is 0 Å². The molecule has 2 aromatic rings. The number of thiazole rings is 1. The summed E-state index contributed by atoms with van der Waals surface area (Å²) in [5.74, 6) is -0.422. The molecule has 0 aliphatic heterocycles. The Morgan fingerprint density at radius 3 is 3.15 bits per heavy atom. The second-order valence-electron chi connectivity index (χ2n) is 4.59. The highest BCUT2D eigenvalue weighted by Crippen LogP contribution is 2.38. The fourth-order valence-corrected chi connectivity index (χ4v) is 3.92. The normalized spacial score (nSPS) is 17.4. The molecule has 5 nitrogen and oxygen atoms in total. The van der Waals surface area contributed by atoms with Crippen molar-refractivity contribution in [2.45, 2.75) is 31.6 Å². The molecule has 1 aliphatic carbocycles. The smallest absolute Gasteiger partial charge is 0.315 e. The lowest BCUT2D eigenvalue weighted by Gasteiger charge is -2.10. The predicted octanol–water partition coefficient (Wildman–Crippen LogP) is 2.09. The van der Waals surface area contributed by atoms with Gasteiger partial charge in [0.15, 0.2) is 4.96 Å². The number of carbonyl (C=O) groups is 1. The molecule has 0 amide bonds. The fraction of sp³-hybridized carbons (Fsp3) is 0.462. The standard InChI is InChI=1S/C13H13ClN2O3S/c1-2-19-12(18)8-3-4-9-11(8)16-10(17)5-7(6-14)15-13(16)20-9/h5,8H,2-4,6H2,1H3. The highest BCUT2D eigenvalue weighted by Gasteiger charge is 2.34. The van der Waals surface area contributed by atoms with Gasteiger partial charge in [-0.05, 0) is 19.8 Å². The van der Waals surface area contributed by atoms with Gasteiger partial charge in [0.05, 0.1) is 29.8 Å². The van der Waals surface area contributed by atoms with Crippen LogP contribution in [0.25, 0.3) is 4.96 Å². The van der Waals surface area contributed by atoms with Gasteiger partial charge in [-0.2, -0.15) is 0 Å². The predicted molar refractivity (Wildman–Crippen MR) is 76.6 cm³/mol. The Kier molecular flexibility index (Phi) is 3.52. The molecule has 1 unspecified atom stereocenters. The van der Waals surface area contributed by atoms with Crippen LogP contribution in [0.1, 0.15) is 35.5 Å². The van der Waals surface area contributed by atoms with E-state index in [9.17, 15) is 9.59 Å². The molecule has 0 spiro atoms. The van der Waals surface area contributed by atoms with Crippen molar-refractivity contribution in [1.82, 2.24) is 9.38 Å². The Balaban J connectivity index is 2.16. The summed E-state index contributed by atoms with van der Waals surface area (Å²) >= 11 is 7.19. The number of nitrogens with zero attached hydrogens (tertiary/aromatic N) is 2. The van der Waals surface area contributed by atoms with Gasteiger partial charge in [0.25, 0.3) is 5.56 Å². The average Bonchev–Trinajstić information content (AvgIpc) is 2.96. The van der Waals surface area contributed by atoms with Gasteiger partial charge in [-0.15, -0.1) is 22.9 Å². The third kappa shape index (κ3) is 2.03. The van der Waals surface area contributed by atoms with Crippen LogP contribution in [0, 0.1) is 0 Å². The first-order chi connectivity index (χ1) is 9.65. The second kappa shape index (κ2) is 5.18. The number of esters is 1. The number of carbonyl (C=O) groups excluding carboxylic acids is 1. The molecule has 0 saturated carbocycles. The van der Waals surface area contributed by atoms with Gasteiger partial charge < -0.3 is 4.74 Å². The van der Waals surface area contributed by atoms with Crippen molar-refractivity contribution in [3.8, 4) is 0 Å². The van der Waals surface area contributed by atoms with E-state index >= 15 is 0 Å². The summed E-state index contributed by atoms with van der Waals surface area (Å²) in [6, 6.07) is 1.42. The van der Waals surface area contributed by atoms with Crippen molar-refractivity contribution in [2.24, 2.45) is 0 Å². The van der Waals surface area contributed by atoms with Gasteiger partial charge in [0, 0.05) is 10.9 Å². The van der Waals surface area contributed by atoms with Gasteiger partial charge in [0.2, 0.25) is 0 Å². The maximum Gasteiger partial charge on any atom is 0.315 e. The van der Waals surface area contributed by atoms with E-state index in [0.717, 1.165) is 17.0 Å². The molecule has 20 heavy (non-hydrogen) atoms. The molecular weight excluding hydrogens is 300 g/mol. The maximum absolute atomic E-state index is 12.2. The van der Waals surface area contributed by atoms with Crippen LogP contribution in [0.3, 0.4) is 0 Å². The van der Waals surface area contributed by atoms with Crippen LogP contribution in [0.2, 0.25) is 0 Å². The third-order valence-electron chi connectivity index (χ3n) is 3.38. The number of fused-ring (bicyclic) bond motifs is 3. The number of aromatic nitrogens is 2. The molecule has 0 radical (unpaired) electrons. The number of alkyl halides is 1. The molecule has 2 heterocycles. The first-order valence-corrected chi connectivity index (χ1v) is 7.77. The van der Waals surface area contributed by atoms with Crippen molar-refractivity contribution >= 4 is 33.9 Å². The minimum Gasteiger partial charge on any atom is -0.465 e. The fourth-order valence-electron chi connectivity index (χ4n) is 2.57. The second-order valence-corrected chi connectivity index (χ2v) is 5.92. The molecule has 0 saturated heterocycles. The highest BCUT2D eigenvalue weighted by molar-refractivity contribution is 7.17. The van der Waals surface area contributed by atoms with E-state index in [1.165, 1.54) is 21.8 Å². The van der Waals surface area contributed by atoms with Crippen LogP contribution in [0.4, 0.5) is 0 Å². The van der Waals surface area contributed by atoms with Gasteiger partial charge in [-0.25, -0.2) is 4.98 Å². The van der Waals surface area contributed by atoms with Crippen LogP contribution >= 0.6 is 22.9 Å². The maximum atomic E-state index is 12.2.